The lowest BCUT2D eigenvalue weighted by Gasteiger charge is -2.06. The maximum atomic E-state index is 11.3. The number of hydrogen-bond acceptors (Lipinski definition) is 4. The summed E-state index contributed by atoms with van der Waals surface area (Å²) in [5.41, 5.74) is 0. The van der Waals surface area contributed by atoms with Crippen molar-refractivity contribution in [2.24, 2.45) is 0 Å². The molecule has 0 bridgehead atoms. The van der Waals surface area contributed by atoms with Gasteiger partial charge in [-0.2, -0.15) is 0 Å². The molecular weight excluding hydrogens is 220 g/mol. The number of hydrogen-bond donors (Lipinski definition) is 2. The Morgan fingerprint density at radius 2 is 2.06 bits per heavy atom. The Balaban J connectivity index is 1.73. The van der Waals surface area contributed by atoms with E-state index in [0.29, 0.717) is 32.3 Å². The maximum Gasteiger partial charge on any atom is 0.220 e. The van der Waals surface area contributed by atoms with Crippen molar-refractivity contribution in [2.45, 2.75) is 31.7 Å². The molecule has 0 aliphatic heterocycles. The van der Waals surface area contributed by atoms with Crippen LogP contribution in [-0.2, 0) is 14.3 Å². The molecule has 0 radical (unpaired) electrons. The summed E-state index contributed by atoms with van der Waals surface area (Å²) in [7, 11) is 1.66. The van der Waals surface area contributed by atoms with Crippen molar-refractivity contribution in [2.75, 3.05) is 40.0 Å². The van der Waals surface area contributed by atoms with Crippen LogP contribution in [0.5, 0.6) is 0 Å². The molecule has 5 nitrogen and oxygen atoms in total. The van der Waals surface area contributed by atoms with Crippen LogP contribution in [0.1, 0.15) is 25.7 Å². The molecule has 0 aromatic heterocycles. The minimum atomic E-state index is 0.186. The summed E-state index contributed by atoms with van der Waals surface area (Å²) in [6.45, 7) is 3.67. The second-order valence-corrected chi connectivity index (χ2v) is 4.30. The molecule has 1 aliphatic rings. The highest BCUT2D eigenvalue weighted by Crippen LogP contribution is 2.18. The standard InChI is InChI=1S/C12H24N2O3/c1-16-9-10-17-8-7-13-6-2-3-12(15)14-11-4-5-11/h11,13H,2-10H2,1H3,(H,14,15). The van der Waals surface area contributed by atoms with Crippen molar-refractivity contribution < 1.29 is 14.3 Å². The smallest absolute Gasteiger partial charge is 0.220 e. The fourth-order valence-corrected chi connectivity index (χ4v) is 1.42. The topological polar surface area (TPSA) is 59.6 Å². The highest BCUT2D eigenvalue weighted by molar-refractivity contribution is 5.76. The molecule has 1 fully saturated rings. The first kappa shape index (κ1) is 14.4. The van der Waals surface area contributed by atoms with Gasteiger partial charge in [0, 0.05) is 26.1 Å². The lowest BCUT2D eigenvalue weighted by Crippen LogP contribution is -2.27. The number of nitrogens with one attached hydrogen (secondary N) is 2. The lowest BCUT2D eigenvalue weighted by molar-refractivity contribution is -0.121. The summed E-state index contributed by atoms with van der Waals surface area (Å²) < 4.78 is 10.2. The van der Waals surface area contributed by atoms with Crippen LogP contribution in [0.25, 0.3) is 0 Å². The van der Waals surface area contributed by atoms with E-state index in [0.717, 1.165) is 32.4 Å². The first-order chi connectivity index (χ1) is 8.33. The van der Waals surface area contributed by atoms with Crippen molar-refractivity contribution in [3.63, 3.8) is 0 Å². The molecule has 2 N–H and O–H groups in total. The molecule has 1 amide bonds. The van der Waals surface area contributed by atoms with E-state index >= 15 is 0 Å². The summed E-state index contributed by atoms with van der Waals surface area (Å²) >= 11 is 0. The molecule has 0 atom stereocenters. The highest BCUT2D eigenvalue weighted by atomic mass is 16.5. The predicted molar refractivity (Wildman–Crippen MR) is 66.0 cm³/mol. The average Bonchev–Trinajstić information content (AvgIpc) is 3.11. The molecule has 0 saturated heterocycles. The average molecular weight is 244 g/mol. The van der Waals surface area contributed by atoms with E-state index in [1.54, 1.807) is 7.11 Å². The zero-order valence-electron chi connectivity index (χ0n) is 10.7. The first-order valence-electron chi connectivity index (χ1n) is 6.39. The summed E-state index contributed by atoms with van der Waals surface area (Å²) in [5, 5.41) is 6.21. The second kappa shape index (κ2) is 9.39. The first-order valence-corrected chi connectivity index (χ1v) is 6.39. The summed E-state index contributed by atoms with van der Waals surface area (Å²) in [6, 6.07) is 0.477. The minimum Gasteiger partial charge on any atom is -0.382 e. The van der Waals surface area contributed by atoms with Gasteiger partial charge in [-0.1, -0.05) is 0 Å². The minimum absolute atomic E-state index is 0.186. The predicted octanol–water partition coefficient (Wildman–Crippen LogP) is 0.298. The van der Waals surface area contributed by atoms with Crippen LogP contribution in [0.15, 0.2) is 0 Å². The Hall–Kier alpha value is -0.650. The number of carbonyl (C=O) groups is 1. The Morgan fingerprint density at radius 1 is 1.24 bits per heavy atom. The van der Waals surface area contributed by atoms with E-state index in [2.05, 4.69) is 10.6 Å². The van der Waals surface area contributed by atoms with Crippen LogP contribution < -0.4 is 10.6 Å². The molecule has 0 heterocycles. The Labute approximate surface area is 103 Å². The number of rotatable bonds is 11. The van der Waals surface area contributed by atoms with Gasteiger partial charge < -0.3 is 20.1 Å². The SMILES string of the molecule is COCCOCCNCCCC(=O)NC1CC1. The van der Waals surface area contributed by atoms with Crippen molar-refractivity contribution in [3.8, 4) is 0 Å². The quantitative estimate of drug-likeness (QED) is 0.513. The zero-order valence-corrected chi connectivity index (χ0v) is 10.7. The van der Waals surface area contributed by atoms with Gasteiger partial charge in [-0.25, -0.2) is 0 Å². The molecule has 1 rings (SSSR count). The van der Waals surface area contributed by atoms with Gasteiger partial charge in [-0.05, 0) is 25.8 Å². The third-order valence-electron chi connectivity index (χ3n) is 2.55. The normalized spacial score (nSPS) is 14.9. The van der Waals surface area contributed by atoms with Gasteiger partial charge in [0.05, 0.1) is 19.8 Å². The van der Waals surface area contributed by atoms with Crippen molar-refractivity contribution >= 4 is 5.91 Å². The van der Waals surface area contributed by atoms with Gasteiger partial charge in [-0.3, -0.25) is 4.79 Å². The van der Waals surface area contributed by atoms with Crippen molar-refractivity contribution in [1.29, 1.82) is 0 Å². The molecule has 1 aliphatic carbocycles. The van der Waals surface area contributed by atoms with Gasteiger partial charge in [0.1, 0.15) is 0 Å². The van der Waals surface area contributed by atoms with E-state index in [-0.39, 0.29) is 5.91 Å². The largest absolute Gasteiger partial charge is 0.382 e. The van der Waals surface area contributed by atoms with Crippen LogP contribution in [0.2, 0.25) is 0 Å². The van der Waals surface area contributed by atoms with Crippen LogP contribution in [0.4, 0.5) is 0 Å². The van der Waals surface area contributed by atoms with E-state index in [1.807, 2.05) is 0 Å². The van der Waals surface area contributed by atoms with Crippen LogP contribution in [0.3, 0.4) is 0 Å². The number of amides is 1. The molecule has 0 unspecified atom stereocenters. The fraction of sp³-hybridized carbons (Fsp3) is 0.917. The van der Waals surface area contributed by atoms with Gasteiger partial charge in [-0.15, -0.1) is 0 Å². The summed E-state index contributed by atoms with van der Waals surface area (Å²) in [5.74, 6) is 0.186. The lowest BCUT2D eigenvalue weighted by atomic mass is 10.3. The summed E-state index contributed by atoms with van der Waals surface area (Å²) in [6.07, 6.45) is 3.82. The van der Waals surface area contributed by atoms with Crippen LogP contribution in [-0.4, -0.2) is 52.0 Å². The Bertz CT molecular complexity index is 208. The number of carbonyl (C=O) groups excluding carboxylic acids is 1. The van der Waals surface area contributed by atoms with Gasteiger partial charge in [0.2, 0.25) is 5.91 Å². The monoisotopic (exact) mass is 244 g/mol. The van der Waals surface area contributed by atoms with Gasteiger partial charge >= 0.3 is 0 Å². The van der Waals surface area contributed by atoms with Crippen molar-refractivity contribution in [1.82, 2.24) is 10.6 Å². The highest BCUT2D eigenvalue weighted by Gasteiger charge is 2.22. The fourth-order valence-electron chi connectivity index (χ4n) is 1.42. The van der Waals surface area contributed by atoms with Crippen molar-refractivity contribution in [3.05, 3.63) is 0 Å². The molecule has 0 aromatic rings. The maximum absolute atomic E-state index is 11.3. The third-order valence-corrected chi connectivity index (χ3v) is 2.55. The van der Waals surface area contributed by atoms with Gasteiger partial charge in [0.25, 0.3) is 0 Å². The van der Waals surface area contributed by atoms with E-state index in [9.17, 15) is 4.79 Å². The number of methoxy groups -OCH3 is 1. The Kier molecular flexibility index (Phi) is 7.96. The molecule has 0 aromatic carbocycles. The van der Waals surface area contributed by atoms with Crippen LogP contribution in [0, 0.1) is 0 Å². The summed E-state index contributed by atoms with van der Waals surface area (Å²) in [4.78, 5) is 11.3. The molecule has 100 valence electrons. The molecule has 1 saturated carbocycles. The Morgan fingerprint density at radius 3 is 2.76 bits per heavy atom. The van der Waals surface area contributed by atoms with Gasteiger partial charge in [0.15, 0.2) is 0 Å². The van der Waals surface area contributed by atoms with E-state index < -0.39 is 0 Å². The second-order valence-electron chi connectivity index (χ2n) is 4.30. The zero-order chi connectivity index (χ0) is 12.3. The van der Waals surface area contributed by atoms with Crippen LogP contribution >= 0.6 is 0 Å². The molecular formula is C12H24N2O3. The molecule has 17 heavy (non-hydrogen) atoms. The number of ether oxygens (including phenoxy) is 2. The third kappa shape index (κ3) is 9.09. The molecule has 5 heteroatoms. The molecule has 0 spiro atoms. The van der Waals surface area contributed by atoms with E-state index in [1.165, 1.54) is 0 Å². The van der Waals surface area contributed by atoms with E-state index in [4.69, 9.17) is 9.47 Å².